The number of piperazine rings is 2. The molecule has 4 aliphatic rings. The van der Waals surface area contributed by atoms with Crippen molar-refractivity contribution in [2.75, 3.05) is 52.4 Å². The van der Waals surface area contributed by atoms with Crippen LogP contribution in [0.3, 0.4) is 0 Å². The van der Waals surface area contributed by atoms with Crippen LogP contribution in [0.15, 0.2) is 109 Å². The smallest absolute Gasteiger partial charge is 0.312 e. The molecule has 2 amide bonds. The standard InChI is InChI=1S/C20H20N2O2.C20H24N2.2ClH/c1-2-21-13-18-16-11-7-6-10-15(16)17(14-8-4-3-5-9-14)12-22(18)20(24)19(21)23;1-2-21-12-13-22-14-19(16-8-4-3-5-9-16)17-10-6-7-11-18(17)20(22)15-21;;/h3-11,17-18H,2,12-13H2,1H3;3-11,19-20H,2,12-15H2,1H3;2*1H/t17-,18+;19-,20+;;/m00../s1. The molecule has 0 radical (unpaired) electrons. The van der Waals surface area contributed by atoms with Crippen LogP contribution < -0.4 is 0 Å². The summed E-state index contributed by atoms with van der Waals surface area (Å²) >= 11 is 0. The molecule has 8 heteroatoms. The fraction of sp³-hybridized carbons (Fsp3) is 0.350. The molecule has 2 fully saturated rings. The molecule has 4 atom stereocenters. The van der Waals surface area contributed by atoms with Crippen molar-refractivity contribution < 1.29 is 9.59 Å². The second kappa shape index (κ2) is 15.7. The molecule has 252 valence electrons. The second-order valence-electron chi connectivity index (χ2n) is 12.9. The molecule has 0 N–H and O–H groups in total. The highest BCUT2D eigenvalue weighted by atomic mass is 35.5. The second-order valence-corrected chi connectivity index (χ2v) is 12.9. The number of carbonyl (C=O) groups excluding carboxylic acids is 2. The lowest BCUT2D eigenvalue weighted by Crippen LogP contribution is -2.58. The number of likely N-dealkylation sites (N-methyl/N-ethyl adjacent to an activating group) is 2. The Bertz CT molecular complexity index is 1690. The molecular weight excluding hydrogens is 639 g/mol. The van der Waals surface area contributed by atoms with Gasteiger partial charge in [0.2, 0.25) is 0 Å². The van der Waals surface area contributed by atoms with Crippen LogP contribution in [0.5, 0.6) is 0 Å². The van der Waals surface area contributed by atoms with Crippen molar-refractivity contribution in [3.05, 3.63) is 143 Å². The van der Waals surface area contributed by atoms with E-state index < -0.39 is 0 Å². The number of hydrogen-bond donors (Lipinski definition) is 0. The van der Waals surface area contributed by atoms with Crippen LogP contribution in [0.25, 0.3) is 0 Å². The van der Waals surface area contributed by atoms with E-state index in [-0.39, 0.29) is 48.6 Å². The Kier molecular flexibility index (Phi) is 11.6. The summed E-state index contributed by atoms with van der Waals surface area (Å²) < 4.78 is 0. The van der Waals surface area contributed by atoms with Gasteiger partial charge in [0, 0.05) is 63.7 Å². The van der Waals surface area contributed by atoms with Gasteiger partial charge in [0.25, 0.3) is 0 Å². The molecule has 2 saturated heterocycles. The van der Waals surface area contributed by atoms with Crippen molar-refractivity contribution in [3.8, 4) is 0 Å². The van der Waals surface area contributed by atoms with Crippen molar-refractivity contribution in [1.82, 2.24) is 19.6 Å². The minimum Gasteiger partial charge on any atom is -0.332 e. The van der Waals surface area contributed by atoms with Gasteiger partial charge < -0.3 is 14.7 Å². The summed E-state index contributed by atoms with van der Waals surface area (Å²) in [4.78, 5) is 33.7. The highest BCUT2D eigenvalue weighted by Crippen LogP contribution is 2.42. The Balaban J connectivity index is 0.000000181. The average Bonchev–Trinajstić information content (AvgIpc) is 3.13. The predicted molar refractivity (Wildman–Crippen MR) is 197 cm³/mol. The number of benzene rings is 4. The summed E-state index contributed by atoms with van der Waals surface area (Å²) in [5.74, 6) is -0.117. The zero-order valence-electron chi connectivity index (χ0n) is 27.8. The van der Waals surface area contributed by atoms with E-state index in [4.69, 9.17) is 0 Å². The molecule has 4 heterocycles. The molecular formula is C40H46Cl2N4O2. The topological polar surface area (TPSA) is 47.1 Å². The Hall–Kier alpha value is -3.68. The average molecular weight is 686 g/mol. The van der Waals surface area contributed by atoms with Crippen LogP contribution in [0, 0.1) is 0 Å². The van der Waals surface area contributed by atoms with Gasteiger partial charge in [-0.3, -0.25) is 14.5 Å². The summed E-state index contributed by atoms with van der Waals surface area (Å²) in [6, 6.07) is 39.2. The number of rotatable bonds is 4. The third kappa shape index (κ3) is 6.77. The van der Waals surface area contributed by atoms with E-state index in [1.807, 2.05) is 31.2 Å². The lowest BCUT2D eigenvalue weighted by atomic mass is 9.80. The molecule has 4 aromatic carbocycles. The summed E-state index contributed by atoms with van der Waals surface area (Å²) in [6.07, 6.45) is 0. The van der Waals surface area contributed by atoms with Crippen LogP contribution >= 0.6 is 24.8 Å². The van der Waals surface area contributed by atoms with Gasteiger partial charge in [-0.25, -0.2) is 0 Å². The molecule has 4 aromatic rings. The van der Waals surface area contributed by atoms with Gasteiger partial charge >= 0.3 is 11.8 Å². The number of halogens is 2. The van der Waals surface area contributed by atoms with E-state index >= 15 is 0 Å². The first kappa shape index (κ1) is 35.6. The summed E-state index contributed by atoms with van der Waals surface area (Å²) in [5, 5.41) is 0. The van der Waals surface area contributed by atoms with Crippen molar-refractivity contribution in [3.63, 3.8) is 0 Å². The quantitative estimate of drug-likeness (QED) is 0.219. The zero-order chi connectivity index (χ0) is 31.6. The highest BCUT2D eigenvalue weighted by Gasteiger charge is 2.44. The van der Waals surface area contributed by atoms with Crippen LogP contribution in [-0.2, 0) is 9.59 Å². The van der Waals surface area contributed by atoms with E-state index in [9.17, 15) is 9.59 Å². The van der Waals surface area contributed by atoms with Gasteiger partial charge in [-0.05, 0) is 46.8 Å². The number of carbonyl (C=O) groups is 2. The van der Waals surface area contributed by atoms with Crippen molar-refractivity contribution >= 4 is 36.6 Å². The van der Waals surface area contributed by atoms with Crippen molar-refractivity contribution in [2.24, 2.45) is 0 Å². The van der Waals surface area contributed by atoms with Crippen molar-refractivity contribution in [1.29, 1.82) is 0 Å². The SMILES string of the molecule is CCN1CCN2C[C@@H](c3ccccc3)c3ccccc3[C@H]2C1.CCN1C[C@@H]2c3ccccc3[C@H](c3ccccc3)CN2C(=O)C1=O.Cl.Cl. The Morgan fingerprint density at radius 2 is 1.02 bits per heavy atom. The molecule has 48 heavy (non-hydrogen) atoms. The molecule has 4 aliphatic heterocycles. The maximum Gasteiger partial charge on any atom is 0.312 e. The zero-order valence-corrected chi connectivity index (χ0v) is 29.4. The molecule has 6 nitrogen and oxygen atoms in total. The molecule has 0 spiro atoms. The summed E-state index contributed by atoms with van der Waals surface area (Å²) in [7, 11) is 0. The summed E-state index contributed by atoms with van der Waals surface area (Å²) in [6.45, 7) is 11.8. The van der Waals surface area contributed by atoms with Crippen LogP contribution in [0.2, 0.25) is 0 Å². The molecule has 0 aliphatic carbocycles. The predicted octanol–water partition coefficient (Wildman–Crippen LogP) is 6.92. The number of amides is 2. The van der Waals surface area contributed by atoms with E-state index in [1.54, 1.807) is 15.4 Å². The van der Waals surface area contributed by atoms with E-state index in [0.717, 1.165) is 18.7 Å². The Labute approximate surface area is 297 Å². The van der Waals surface area contributed by atoms with Gasteiger partial charge in [-0.15, -0.1) is 24.8 Å². The van der Waals surface area contributed by atoms with Gasteiger partial charge in [0.1, 0.15) is 0 Å². The van der Waals surface area contributed by atoms with E-state index in [1.165, 1.54) is 41.9 Å². The molecule has 0 saturated carbocycles. The third-order valence-corrected chi connectivity index (χ3v) is 10.6. The minimum atomic E-state index is -0.375. The molecule has 0 bridgehead atoms. The van der Waals surface area contributed by atoms with Gasteiger partial charge in [0.15, 0.2) is 0 Å². The lowest BCUT2D eigenvalue weighted by Gasteiger charge is -2.47. The first-order valence-corrected chi connectivity index (χ1v) is 16.9. The Morgan fingerprint density at radius 3 is 1.56 bits per heavy atom. The first-order valence-electron chi connectivity index (χ1n) is 16.9. The van der Waals surface area contributed by atoms with Gasteiger partial charge in [0.05, 0.1) is 6.04 Å². The van der Waals surface area contributed by atoms with Gasteiger partial charge in [-0.1, -0.05) is 116 Å². The van der Waals surface area contributed by atoms with Crippen LogP contribution in [0.1, 0.15) is 71.1 Å². The number of fused-ring (bicyclic) bond motifs is 6. The van der Waals surface area contributed by atoms with E-state index in [2.05, 4.69) is 102 Å². The fourth-order valence-corrected chi connectivity index (χ4v) is 8.05. The molecule has 0 aromatic heterocycles. The third-order valence-electron chi connectivity index (χ3n) is 10.6. The maximum atomic E-state index is 12.7. The lowest BCUT2D eigenvalue weighted by molar-refractivity contribution is -0.159. The van der Waals surface area contributed by atoms with Crippen LogP contribution in [-0.4, -0.2) is 83.8 Å². The largest absolute Gasteiger partial charge is 0.332 e. The minimum absolute atomic E-state index is 0. The fourth-order valence-electron chi connectivity index (χ4n) is 8.05. The highest BCUT2D eigenvalue weighted by molar-refractivity contribution is 6.35. The number of hydrogen-bond acceptors (Lipinski definition) is 4. The van der Waals surface area contributed by atoms with E-state index in [0.29, 0.717) is 31.6 Å². The van der Waals surface area contributed by atoms with Gasteiger partial charge in [-0.2, -0.15) is 0 Å². The van der Waals surface area contributed by atoms with Crippen molar-refractivity contribution in [2.45, 2.75) is 37.8 Å². The summed E-state index contributed by atoms with van der Waals surface area (Å²) in [5.41, 5.74) is 8.14. The Morgan fingerprint density at radius 1 is 0.521 bits per heavy atom. The molecule has 8 rings (SSSR count). The maximum absolute atomic E-state index is 12.7. The number of nitrogens with zero attached hydrogens (tertiary/aromatic N) is 4. The first-order chi connectivity index (χ1) is 22.6. The molecule has 0 unspecified atom stereocenters. The normalized spacial score (nSPS) is 23.2. The van der Waals surface area contributed by atoms with Crippen LogP contribution in [0.4, 0.5) is 0 Å². The monoisotopic (exact) mass is 684 g/mol.